The Morgan fingerprint density at radius 1 is 1.35 bits per heavy atom. The van der Waals surface area contributed by atoms with E-state index in [0.29, 0.717) is 17.7 Å². The van der Waals surface area contributed by atoms with Gasteiger partial charge in [-0.1, -0.05) is 19.9 Å². The Morgan fingerprint density at radius 2 is 2.20 bits per heavy atom. The van der Waals surface area contributed by atoms with Crippen molar-refractivity contribution in [1.82, 2.24) is 5.32 Å². The minimum absolute atomic E-state index is 0.361. The molecule has 112 valence electrons. The minimum Gasteiger partial charge on any atom is -0.508 e. The summed E-state index contributed by atoms with van der Waals surface area (Å²) in [6.45, 7) is 6.91. The van der Waals surface area contributed by atoms with Gasteiger partial charge in [0, 0.05) is 19.2 Å². The van der Waals surface area contributed by atoms with Gasteiger partial charge in [-0.2, -0.15) is 0 Å². The van der Waals surface area contributed by atoms with Crippen LogP contribution in [-0.2, 0) is 11.2 Å². The van der Waals surface area contributed by atoms with Gasteiger partial charge in [0.2, 0.25) is 0 Å². The van der Waals surface area contributed by atoms with E-state index in [-0.39, 0.29) is 0 Å². The second-order valence-electron chi connectivity index (χ2n) is 6.08. The molecule has 3 nitrogen and oxygen atoms in total. The molecule has 0 aromatic heterocycles. The lowest BCUT2D eigenvalue weighted by Crippen LogP contribution is -2.28. The third-order valence-electron chi connectivity index (χ3n) is 3.92. The molecule has 0 saturated carbocycles. The maximum Gasteiger partial charge on any atom is 0.115 e. The summed E-state index contributed by atoms with van der Waals surface area (Å²) in [7, 11) is 0. The van der Waals surface area contributed by atoms with Gasteiger partial charge in [-0.3, -0.25) is 0 Å². The van der Waals surface area contributed by atoms with Gasteiger partial charge < -0.3 is 15.2 Å². The quantitative estimate of drug-likeness (QED) is 0.750. The summed E-state index contributed by atoms with van der Waals surface area (Å²) in [5.41, 5.74) is 2.63. The molecule has 0 radical (unpaired) electrons. The van der Waals surface area contributed by atoms with E-state index in [1.165, 1.54) is 17.5 Å². The number of hydrogen-bond donors (Lipinski definition) is 2. The monoisotopic (exact) mass is 277 g/mol. The van der Waals surface area contributed by atoms with Gasteiger partial charge in [0.25, 0.3) is 0 Å². The Balaban J connectivity index is 1.76. The second kappa shape index (κ2) is 7.65. The van der Waals surface area contributed by atoms with Crippen molar-refractivity contribution >= 4 is 0 Å². The number of phenols is 1. The maximum atomic E-state index is 9.65. The van der Waals surface area contributed by atoms with Crippen LogP contribution in [-0.4, -0.2) is 24.9 Å². The molecule has 3 heteroatoms. The Hall–Kier alpha value is -1.06. The second-order valence-corrected chi connectivity index (χ2v) is 6.08. The zero-order valence-corrected chi connectivity index (χ0v) is 12.7. The molecular formula is C17H27NO2. The van der Waals surface area contributed by atoms with Crippen LogP contribution in [0, 0.1) is 5.92 Å². The first-order chi connectivity index (χ1) is 9.66. The highest BCUT2D eigenvalue weighted by atomic mass is 16.5. The average Bonchev–Trinajstić information content (AvgIpc) is 2.42. The van der Waals surface area contributed by atoms with Crippen molar-refractivity contribution in [2.45, 2.75) is 45.6 Å². The molecule has 1 aromatic carbocycles. The van der Waals surface area contributed by atoms with E-state index in [4.69, 9.17) is 4.74 Å². The number of rotatable bonds is 7. The Morgan fingerprint density at radius 3 is 3.00 bits per heavy atom. The minimum atomic E-state index is 0.361. The summed E-state index contributed by atoms with van der Waals surface area (Å²) in [4.78, 5) is 0. The molecule has 0 aliphatic heterocycles. The number of ether oxygens (including phenoxy) is 1. The summed E-state index contributed by atoms with van der Waals surface area (Å²) >= 11 is 0. The molecule has 0 fully saturated rings. The van der Waals surface area contributed by atoms with Crippen molar-refractivity contribution in [3.63, 3.8) is 0 Å². The Labute approximate surface area is 122 Å². The lowest BCUT2D eigenvalue weighted by atomic mass is 9.87. The van der Waals surface area contributed by atoms with Crippen LogP contribution in [0.4, 0.5) is 0 Å². The lowest BCUT2D eigenvalue weighted by molar-refractivity contribution is 0.123. The molecule has 1 unspecified atom stereocenters. The normalized spacial score (nSPS) is 18.2. The Bertz CT molecular complexity index is 417. The number of aryl methyl sites for hydroxylation is 1. The van der Waals surface area contributed by atoms with Gasteiger partial charge >= 0.3 is 0 Å². The Kier molecular flexibility index (Phi) is 5.86. The summed E-state index contributed by atoms with van der Waals surface area (Å²) < 4.78 is 5.64. The molecule has 1 atom stereocenters. The summed E-state index contributed by atoms with van der Waals surface area (Å²) in [6.07, 6.45) is 4.60. The van der Waals surface area contributed by atoms with Crippen molar-refractivity contribution in [2.75, 3.05) is 19.8 Å². The zero-order chi connectivity index (χ0) is 14.4. The molecule has 0 saturated heterocycles. The summed E-state index contributed by atoms with van der Waals surface area (Å²) in [5, 5.41) is 13.2. The van der Waals surface area contributed by atoms with Crippen molar-refractivity contribution in [3.05, 3.63) is 29.3 Å². The van der Waals surface area contributed by atoms with Crippen LogP contribution in [0.3, 0.4) is 0 Å². The first kappa shape index (κ1) is 15.3. The van der Waals surface area contributed by atoms with E-state index in [1.54, 1.807) is 6.07 Å². The highest BCUT2D eigenvalue weighted by Gasteiger charge is 2.19. The fraction of sp³-hybridized carbons (Fsp3) is 0.647. The highest BCUT2D eigenvalue weighted by molar-refractivity contribution is 5.38. The standard InChI is InChI=1S/C17H27NO2/c1-13(2)8-10-20-11-9-18-17-5-3-4-14-6-7-15(19)12-16(14)17/h6-7,12-13,17-19H,3-5,8-11H2,1-2H3. The molecule has 0 heterocycles. The zero-order valence-electron chi connectivity index (χ0n) is 12.7. The van der Waals surface area contributed by atoms with E-state index in [2.05, 4.69) is 25.2 Å². The number of fused-ring (bicyclic) bond motifs is 1. The van der Waals surface area contributed by atoms with E-state index in [1.807, 2.05) is 6.07 Å². The number of benzene rings is 1. The SMILES string of the molecule is CC(C)CCOCCNC1CCCc2ccc(O)cc21. The average molecular weight is 277 g/mol. The van der Waals surface area contributed by atoms with Gasteiger partial charge in [-0.05, 0) is 54.9 Å². The van der Waals surface area contributed by atoms with Gasteiger partial charge in [0.05, 0.1) is 6.61 Å². The third kappa shape index (κ3) is 4.50. The van der Waals surface area contributed by atoms with Crippen LogP contribution in [0.1, 0.15) is 50.3 Å². The highest BCUT2D eigenvalue weighted by Crippen LogP contribution is 2.31. The van der Waals surface area contributed by atoms with Gasteiger partial charge in [0.15, 0.2) is 0 Å². The predicted molar refractivity (Wildman–Crippen MR) is 82.1 cm³/mol. The smallest absolute Gasteiger partial charge is 0.115 e. The van der Waals surface area contributed by atoms with Crippen molar-refractivity contribution in [1.29, 1.82) is 0 Å². The first-order valence-corrected chi connectivity index (χ1v) is 7.79. The molecule has 1 aliphatic carbocycles. The molecule has 0 spiro atoms. The fourth-order valence-corrected chi connectivity index (χ4v) is 2.72. The molecule has 20 heavy (non-hydrogen) atoms. The van der Waals surface area contributed by atoms with Gasteiger partial charge in [0.1, 0.15) is 5.75 Å². The number of aromatic hydroxyl groups is 1. The maximum absolute atomic E-state index is 9.65. The number of nitrogens with one attached hydrogen (secondary N) is 1. The molecular weight excluding hydrogens is 250 g/mol. The summed E-state index contributed by atoms with van der Waals surface area (Å²) in [6, 6.07) is 6.11. The van der Waals surface area contributed by atoms with E-state index < -0.39 is 0 Å². The molecule has 2 rings (SSSR count). The first-order valence-electron chi connectivity index (χ1n) is 7.79. The molecule has 1 aromatic rings. The van der Waals surface area contributed by atoms with Crippen LogP contribution in [0.15, 0.2) is 18.2 Å². The predicted octanol–water partition coefficient (Wildman–Crippen LogP) is 3.42. The van der Waals surface area contributed by atoms with Crippen molar-refractivity contribution in [3.8, 4) is 5.75 Å². The molecule has 0 amide bonds. The molecule has 1 aliphatic rings. The van der Waals surface area contributed by atoms with Gasteiger partial charge in [-0.25, -0.2) is 0 Å². The van der Waals surface area contributed by atoms with E-state index in [0.717, 1.165) is 39.0 Å². The van der Waals surface area contributed by atoms with Crippen LogP contribution in [0.25, 0.3) is 0 Å². The van der Waals surface area contributed by atoms with Gasteiger partial charge in [-0.15, -0.1) is 0 Å². The van der Waals surface area contributed by atoms with E-state index in [9.17, 15) is 5.11 Å². The number of hydrogen-bond acceptors (Lipinski definition) is 3. The van der Waals surface area contributed by atoms with Crippen molar-refractivity contribution in [2.24, 2.45) is 5.92 Å². The van der Waals surface area contributed by atoms with Crippen LogP contribution >= 0.6 is 0 Å². The lowest BCUT2D eigenvalue weighted by Gasteiger charge is -2.26. The van der Waals surface area contributed by atoms with Crippen molar-refractivity contribution < 1.29 is 9.84 Å². The number of phenolic OH excluding ortho intramolecular Hbond substituents is 1. The van der Waals surface area contributed by atoms with Crippen LogP contribution in [0.5, 0.6) is 5.75 Å². The largest absolute Gasteiger partial charge is 0.508 e. The molecule has 0 bridgehead atoms. The van der Waals surface area contributed by atoms with E-state index >= 15 is 0 Å². The van der Waals surface area contributed by atoms with Crippen LogP contribution in [0.2, 0.25) is 0 Å². The van der Waals surface area contributed by atoms with Crippen LogP contribution < -0.4 is 5.32 Å². The topological polar surface area (TPSA) is 41.5 Å². The fourth-order valence-electron chi connectivity index (χ4n) is 2.72. The third-order valence-corrected chi connectivity index (χ3v) is 3.92. The summed E-state index contributed by atoms with van der Waals surface area (Å²) in [5.74, 6) is 1.07. The molecule has 2 N–H and O–H groups in total.